The van der Waals surface area contributed by atoms with E-state index in [1.165, 1.54) is 56.8 Å². The maximum absolute atomic E-state index is 11.9. The Morgan fingerprint density at radius 2 is 1.77 bits per heavy atom. The van der Waals surface area contributed by atoms with Crippen LogP contribution in [0.5, 0.6) is 0 Å². The molecule has 22 heavy (non-hydrogen) atoms. The van der Waals surface area contributed by atoms with E-state index in [9.17, 15) is 4.79 Å². The Morgan fingerprint density at radius 3 is 2.27 bits per heavy atom. The molecule has 4 bridgehead atoms. The quantitative estimate of drug-likeness (QED) is 0.763. The molecule has 2 nitrogen and oxygen atoms in total. The van der Waals surface area contributed by atoms with Crippen molar-refractivity contribution in [3.8, 4) is 0 Å². The molecule has 0 heterocycles. The first kappa shape index (κ1) is 14.0. The minimum atomic E-state index is -0.235. The van der Waals surface area contributed by atoms with Gasteiger partial charge in [-0.1, -0.05) is 18.7 Å². The summed E-state index contributed by atoms with van der Waals surface area (Å²) in [7, 11) is 1.45. The standard InChI is InChI=1S/C20H24O2/c1-3-16-4-5-17(19(21)22-2)9-18(16)20-10-13-6-14(11-20)8-15(7-13)12-20/h3-5,9,13-15H,1,6-8,10-12H2,2H3. The lowest BCUT2D eigenvalue weighted by Crippen LogP contribution is -2.48. The van der Waals surface area contributed by atoms with Crippen molar-refractivity contribution in [2.75, 3.05) is 7.11 Å². The van der Waals surface area contributed by atoms with E-state index in [1.54, 1.807) is 0 Å². The van der Waals surface area contributed by atoms with Crippen molar-refractivity contribution in [1.82, 2.24) is 0 Å². The van der Waals surface area contributed by atoms with E-state index >= 15 is 0 Å². The number of hydrogen-bond donors (Lipinski definition) is 0. The summed E-state index contributed by atoms with van der Waals surface area (Å²) < 4.78 is 4.92. The topological polar surface area (TPSA) is 26.3 Å². The molecule has 0 saturated heterocycles. The van der Waals surface area contributed by atoms with Gasteiger partial charge in [0.2, 0.25) is 0 Å². The number of carbonyl (C=O) groups is 1. The number of hydrogen-bond acceptors (Lipinski definition) is 2. The second kappa shape index (κ2) is 4.97. The zero-order valence-electron chi connectivity index (χ0n) is 13.3. The smallest absolute Gasteiger partial charge is 0.337 e. The zero-order chi connectivity index (χ0) is 15.3. The first-order valence-corrected chi connectivity index (χ1v) is 8.49. The number of rotatable bonds is 3. The van der Waals surface area contributed by atoms with E-state index in [2.05, 4.69) is 12.6 Å². The van der Waals surface area contributed by atoms with Crippen LogP contribution in [0, 0.1) is 17.8 Å². The molecular formula is C20H24O2. The van der Waals surface area contributed by atoms with Crippen LogP contribution in [0.2, 0.25) is 0 Å². The van der Waals surface area contributed by atoms with Crippen LogP contribution in [-0.2, 0) is 10.2 Å². The molecule has 0 N–H and O–H groups in total. The van der Waals surface area contributed by atoms with Gasteiger partial charge < -0.3 is 4.74 Å². The SMILES string of the molecule is C=Cc1ccc(C(=O)OC)cc1C12CC3CC(CC(C3)C1)C2. The van der Waals surface area contributed by atoms with Crippen LogP contribution in [0.25, 0.3) is 6.08 Å². The van der Waals surface area contributed by atoms with Gasteiger partial charge in [0.25, 0.3) is 0 Å². The summed E-state index contributed by atoms with van der Waals surface area (Å²) in [5.74, 6) is 2.45. The van der Waals surface area contributed by atoms with Crippen molar-refractivity contribution in [3.63, 3.8) is 0 Å². The molecule has 0 amide bonds. The highest BCUT2D eigenvalue weighted by molar-refractivity contribution is 5.90. The third kappa shape index (κ3) is 2.04. The molecule has 4 fully saturated rings. The average molecular weight is 296 g/mol. The van der Waals surface area contributed by atoms with Gasteiger partial charge in [-0.2, -0.15) is 0 Å². The lowest BCUT2D eigenvalue weighted by Gasteiger charge is -2.57. The highest BCUT2D eigenvalue weighted by Crippen LogP contribution is 2.61. The third-order valence-electron chi connectivity index (χ3n) is 6.30. The van der Waals surface area contributed by atoms with Gasteiger partial charge in [0.15, 0.2) is 0 Å². The Bertz CT molecular complexity index is 593. The van der Waals surface area contributed by atoms with Crippen LogP contribution in [0.3, 0.4) is 0 Å². The summed E-state index contributed by atoms with van der Waals surface area (Å²) in [5.41, 5.74) is 3.51. The summed E-state index contributed by atoms with van der Waals surface area (Å²) in [6.07, 6.45) is 10.1. The van der Waals surface area contributed by atoms with Crippen LogP contribution in [0.15, 0.2) is 24.8 Å². The normalized spacial score (nSPS) is 35.4. The maximum atomic E-state index is 11.9. The van der Waals surface area contributed by atoms with Gasteiger partial charge in [0.05, 0.1) is 12.7 Å². The van der Waals surface area contributed by atoms with Gasteiger partial charge in [-0.3, -0.25) is 0 Å². The average Bonchev–Trinajstić information content (AvgIpc) is 2.52. The van der Waals surface area contributed by atoms with Crippen molar-refractivity contribution in [2.24, 2.45) is 17.8 Å². The predicted molar refractivity (Wildman–Crippen MR) is 87.7 cm³/mol. The predicted octanol–water partition coefficient (Wildman–Crippen LogP) is 4.58. The molecule has 0 aliphatic heterocycles. The van der Waals surface area contributed by atoms with Crippen LogP contribution < -0.4 is 0 Å². The molecule has 4 aliphatic carbocycles. The molecule has 0 radical (unpaired) electrons. The fourth-order valence-corrected chi connectivity index (χ4v) is 5.88. The molecule has 4 saturated carbocycles. The summed E-state index contributed by atoms with van der Waals surface area (Å²) in [4.78, 5) is 11.9. The maximum Gasteiger partial charge on any atom is 0.337 e. The molecule has 116 valence electrons. The van der Waals surface area contributed by atoms with E-state index in [1.807, 2.05) is 18.2 Å². The van der Waals surface area contributed by atoms with Crippen molar-refractivity contribution >= 4 is 12.0 Å². The van der Waals surface area contributed by atoms with Crippen LogP contribution >= 0.6 is 0 Å². The Labute approximate surface area is 132 Å². The lowest BCUT2D eigenvalue weighted by atomic mass is 9.47. The Morgan fingerprint density at radius 1 is 1.18 bits per heavy atom. The molecule has 2 heteroatoms. The van der Waals surface area contributed by atoms with Crippen molar-refractivity contribution < 1.29 is 9.53 Å². The van der Waals surface area contributed by atoms with Crippen molar-refractivity contribution in [3.05, 3.63) is 41.5 Å². The van der Waals surface area contributed by atoms with Crippen LogP contribution in [0.1, 0.15) is 60.0 Å². The van der Waals surface area contributed by atoms with E-state index in [-0.39, 0.29) is 11.4 Å². The summed E-state index contributed by atoms with van der Waals surface area (Å²) in [5, 5.41) is 0. The highest BCUT2D eigenvalue weighted by atomic mass is 16.5. The number of carbonyl (C=O) groups excluding carboxylic acids is 1. The third-order valence-corrected chi connectivity index (χ3v) is 6.30. The van der Waals surface area contributed by atoms with Gasteiger partial charge in [-0.05, 0) is 85.0 Å². The summed E-state index contributed by atoms with van der Waals surface area (Å²) in [6, 6.07) is 6.01. The fraction of sp³-hybridized carbons (Fsp3) is 0.550. The second-order valence-electron chi connectivity index (χ2n) is 7.70. The van der Waals surface area contributed by atoms with Gasteiger partial charge in [-0.25, -0.2) is 4.79 Å². The first-order valence-electron chi connectivity index (χ1n) is 8.49. The molecule has 0 atom stereocenters. The summed E-state index contributed by atoms with van der Waals surface area (Å²) in [6.45, 7) is 4.00. The summed E-state index contributed by atoms with van der Waals surface area (Å²) >= 11 is 0. The molecule has 1 aromatic carbocycles. The van der Waals surface area contributed by atoms with Crippen LogP contribution in [0.4, 0.5) is 0 Å². The molecule has 5 rings (SSSR count). The molecule has 0 unspecified atom stereocenters. The number of methoxy groups -OCH3 is 1. The van der Waals surface area contributed by atoms with E-state index in [4.69, 9.17) is 4.74 Å². The molecule has 0 aromatic heterocycles. The number of benzene rings is 1. The zero-order valence-corrected chi connectivity index (χ0v) is 13.3. The number of ether oxygens (including phenoxy) is 1. The largest absolute Gasteiger partial charge is 0.465 e. The monoisotopic (exact) mass is 296 g/mol. The van der Waals surface area contributed by atoms with E-state index in [0.29, 0.717) is 5.56 Å². The Hall–Kier alpha value is -1.57. The first-order chi connectivity index (χ1) is 10.6. The van der Waals surface area contributed by atoms with E-state index in [0.717, 1.165) is 17.8 Å². The Balaban J connectivity index is 1.80. The molecule has 0 spiro atoms. The minimum Gasteiger partial charge on any atom is -0.465 e. The highest BCUT2D eigenvalue weighted by Gasteiger charge is 2.52. The molecular weight excluding hydrogens is 272 g/mol. The molecule has 4 aliphatic rings. The lowest BCUT2D eigenvalue weighted by molar-refractivity contribution is -0.00530. The molecule has 1 aromatic rings. The van der Waals surface area contributed by atoms with Crippen molar-refractivity contribution in [1.29, 1.82) is 0 Å². The van der Waals surface area contributed by atoms with Gasteiger partial charge in [0.1, 0.15) is 0 Å². The van der Waals surface area contributed by atoms with E-state index < -0.39 is 0 Å². The second-order valence-corrected chi connectivity index (χ2v) is 7.70. The van der Waals surface area contributed by atoms with Crippen molar-refractivity contribution in [2.45, 2.75) is 43.9 Å². The van der Waals surface area contributed by atoms with Crippen LogP contribution in [-0.4, -0.2) is 13.1 Å². The van der Waals surface area contributed by atoms with Gasteiger partial charge in [-0.15, -0.1) is 0 Å². The van der Waals surface area contributed by atoms with Gasteiger partial charge >= 0.3 is 5.97 Å². The Kier molecular flexibility index (Phi) is 3.18. The van der Waals surface area contributed by atoms with Gasteiger partial charge in [0, 0.05) is 0 Å². The number of esters is 1. The minimum absolute atomic E-state index is 0.235. The fourth-order valence-electron chi connectivity index (χ4n) is 5.88.